The average Bonchev–Trinajstić information content (AvgIpc) is 3.11. The number of carbonyl (C=O) groups excluding carboxylic acids is 3. The minimum Gasteiger partial charge on any atom is -0.343 e. The molecule has 2 saturated heterocycles. The summed E-state index contributed by atoms with van der Waals surface area (Å²) in [5, 5.41) is 0. The fourth-order valence-corrected chi connectivity index (χ4v) is 5.91. The highest BCUT2D eigenvalue weighted by molar-refractivity contribution is 7.88. The molecule has 2 fully saturated rings. The van der Waals surface area contributed by atoms with E-state index in [0.717, 1.165) is 5.56 Å². The highest BCUT2D eigenvalue weighted by atomic mass is 32.2. The van der Waals surface area contributed by atoms with Gasteiger partial charge in [0, 0.05) is 58.3 Å². The lowest BCUT2D eigenvalue weighted by Crippen LogP contribution is -2.59. The number of benzene rings is 1. The van der Waals surface area contributed by atoms with E-state index in [0.29, 0.717) is 51.1 Å². The third-order valence-corrected chi connectivity index (χ3v) is 8.38. The number of sulfonamides is 1. The molecule has 0 N–H and O–H groups in total. The summed E-state index contributed by atoms with van der Waals surface area (Å²) in [5.41, 5.74) is 0.975. The Morgan fingerprint density at radius 3 is 2.16 bits per heavy atom. The lowest BCUT2D eigenvalue weighted by Gasteiger charge is -2.48. The van der Waals surface area contributed by atoms with E-state index in [2.05, 4.69) is 0 Å². The number of likely N-dealkylation sites (tertiary alicyclic amines) is 1. The maximum Gasteiger partial charge on any atom is 0.254 e. The Bertz CT molecular complexity index is 1020. The van der Waals surface area contributed by atoms with Crippen LogP contribution in [0.5, 0.6) is 0 Å². The van der Waals surface area contributed by atoms with E-state index in [1.54, 1.807) is 9.80 Å². The van der Waals surface area contributed by atoms with Crippen molar-refractivity contribution in [2.75, 3.05) is 45.5 Å². The van der Waals surface area contributed by atoms with Gasteiger partial charge in [0.1, 0.15) is 0 Å². The van der Waals surface area contributed by atoms with Crippen molar-refractivity contribution in [3.63, 3.8) is 0 Å². The second-order valence-corrected chi connectivity index (χ2v) is 11.0. The first-order valence-electron chi connectivity index (χ1n) is 11.0. The fourth-order valence-electron chi connectivity index (χ4n) is 5.08. The molecular formula is C22H30N4O5S. The third kappa shape index (κ3) is 4.25. The van der Waals surface area contributed by atoms with Crippen molar-refractivity contribution in [3.05, 3.63) is 35.4 Å². The van der Waals surface area contributed by atoms with Crippen molar-refractivity contribution < 1.29 is 22.8 Å². The van der Waals surface area contributed by atoms with Gasteiger partial charge in [-0.1, -0.05) is 18.2 Å². The van der Waals surface area contributed by atoms with E-state index in [1.807, 2.05) is 29.2 Å². The van der Waals surface area contributed by atoms with Crippen LogP contribution in [0, 0.1) is 0 Å². The molecule has 0 aliphatic carbocycles. The predicted molar refractivity (Wildman–Crippen MR) is 118 cm³/mol. The zero-order valence-corrected chi connectivity index (χ0v) is 19.4. The van der Waals surface area contributed by atoms with E-state index in [-0.39, 0.29) is 37.2 Å². The molecule has 3 aliphatic heterocycles. The second-order valence-electron chi connectivity index (χ2n) is 9.00. The molecule has 3 amide bonds. The highest BCUT2D eigenvalue weighted by Crippen LogP contribution is 2.39. The molecule has 1 aromatic carbocycles. The Labute approximate surface area is 189 Å². The molecule has 3 heterocycles. The molecule has 0 radical (unpaired) electrons. The summed E-state index contributed by atoms with van der Waals surface area (Å²) in [5.74, 6) is -0.136. The minimum atomic E-state index is -3.27. The average molecular weight is 463 g/mol. The van der Waals surface area contributed by atoms with Crippen molar-refractivity contribution in [1.82, 2.24) is 19.0 Å². The van der Waals surface area contributed by atoms with Gasteiger partial charge in [0.25, 0.3) is 5.91 Å². The minimum absolute atomic E-state index is 0.00198. The maximum absolute atomic E-state index is 13.3. The van der Waals surface area contributed by atoms with Crippen molar-refractivity contribution in [2.24, 2.45) is 0 Å². The van der Waals surface area contributed by atoms with E-state index in [4.69, 9.17) is 0 Å². The van der Waals surface area contributed by atoms with Crippen molar-refractivity contribution in [3.8, 4) is 0 Å². The van der Waals surface area contributed by atoms with E-state index < -0.39 is 15.6 Å². The molecule has 1 aromatic rings. The quantitative estimate of drug-likeness (QED) is 0.650. The SMILES string of the molecule is CC(=O)N1CCC(CC(=O)N2CCN(S(C)(=O)=O)CC2)(N2Cc3ccccc3C2=O)CC1. The molecular weight excluding hydrogens is 432 g/mol. The van der Waals surface area contributed by atoms with E-state index in [1.165, 1.54) is 17.5 Å². The van der Waals surface area contributed by atoms with Crippen LogP contribution in [0.3, 0.4) is 0 Å². The predicted octanol–water partition coefficient (Wildman–Crippen LogP) is 0.517. The molecule has 32 heavy (non-hydrogen) atoms. The molecule has 0 bridgehead atoms. The Morgan fingerprint density at radius 2 is 1.59 bits per heavy atom. The molecule has 4 rings (SSSR count). The van der Waals surface area contributed by atoms with Crippen LogP contribution in [0.4, 0.5) is 0 Å². The molecule has 0 atom stereocenters. The molecule has 174 valence electrons. The standard InChI is InChI=1S/C22H30N4O5S/c1-17(27)23-9-7-22(8-10-23,26-16-18-5-3-4-6-19(18)21(26)29)15-20(28)24-11-13-25(14-12-24)32(2,30)31/h3-6H,7-16H2,1-2H3. The number of piperidine rings is 1. The number of rotatable bonds is 4. The molecule has 10 heteroatoms. The Kier molecular flexibility index (Phi) is 6.02. The number of hydrogen-bond acceptors (Lipinski definition) is 5. The van der Waals surface area contributed by atoms with Gasteiger partial charge in [-0.3, -0.25) is 14.4 Å². The first-order valence-corrected chi connectivity index (χ1v) is 12.8. The number of carbonyl (C=O) groups is 3. The van der Waals surface area contributed by atoms with Crippen LogP contribution in [0.1, 0.15) is 42.1 Å². The Morgan fingerprint density at radius 1 is 0.969 bits per heavy atom. The normalized spacial score (nSPS) is 21.6. The van der Waals surface area contributed by atoms with Gasteiger partial charge in [0.15, 0.2) is 0 Å². The summed E-state index contributed by atoms with van der Waals surface area (Å²) >= 11 is 0. The summed E-state index contributed by atoms with van der Waals surface area (Å²) in [6, 6.07) is 7.52. The van der Waals surface area contributed by atoms with Gasteiger partial charge in [0.2, 0.25) is 21.8 Å². The highest BCUT2D eigenvalue weighted by Gasteiger charge is 2.47. The molecule has 0 unspecified atom stereocenters. The molecule has 0 aromatic heterocycles. The van der Waals surface area contributed by atoms with Gasteiger partial charge in [0.05, 0.1) is 18.2 Å². The van der Waals surface area contributed by atoms with E-state index in [9.17, 15) is 22.8 Å². The lowest BCUT2D eigenvalue weighted by molar-refractivity contribution is -0.137. The van der Waals surface area contributed by atoms with Crippen LogP contribution in [0.15, 0.2) is 24.3 Å². The van der Waals surface area contributed by atoms with Crippen LogP contribution < -0.4 is 0 Å². The van der Waals surface area contributed by atoms with Crippen LogP contribution in [-0.2, 0) is 26.2 Å². The van der Waals surface area contributed by atoms with Gasteiger partial charge >= 0.3 is 0 Å². The fraction of sp³-hybridized carbons (Fsp3) is 0.591. The van der Waals surface area contributed by atoms with Gasteiger partial charge < -0.3 is 14.7 Å². The van der Waals surface area contributed by atoms with Crippen LogP contribution in [0.25, 0.3) is 0 Å². The molecule has 3 aliphatic rings. The largest absolute Gasteiger partial charge is 0.343 e. The number of amides is 3. The van der Waals surface area contributed by atoms with Crippen molar-refractivity contribution in [1.29, 1.82) is 0 Å². The molecule has 0 saturated carbocycles. The van der Waals surface area contributed by atoms with Gasteiger partial charge in [-0.15, -0.1) is 0 Å². The van der Waals surface area contributed by atoms with Gasteiger partial charge in [-0.2, -0.15) is 4.31 Å². The zero-order chi connectivity index (χ0) is 23.1. The lowest BCUT2D eigenvalue weighted by atomic mass is 9.82. The Hall–Kier alpha value is -2.46. The smallest absolute Gasteiger partial charge is 0.254 e. The summed E-state index contributed by atoms with van der Waals surface area (Å²) in [4.78, 5) is 43.8. The number of piperazine rings is 1. The maximum atomic E-state index is 13.3. The topological polar surface area (TPSA) is 98.3 Å². The summed E-state index contributed by atoms with van der Waals surface area (Å²) in [6.45, 7) is 4.26. The number of fused-ring (bicyclic) bond motifs is 1. The first kappa shape index (κ1) is 22.7. The summed E-state index contributed by atoms with van der Waals surface area (Å²) in [7, 11) is -3.27. The van der Waals surface area contributed by atoms with Crippen LogP contribution >= 0.6 is 0 Å². The van der Waals surface area contributed by atoms with Crippen LogP contribution in [0.2, 0.25) is 0 Å². The van der Waals surface area contributed by atoms with Crippen molar-refractivity contribution in [2.45, 2.75) is 38.3 Å². The molecule has 0 spiro atoms. The van der Waals surface area contributed by atoms with Gasteiger partial charge in [-0.05, 0) is 24.5 Å². The summed E-state index contributed by atoms with van der Waals surface area (Å²) in [6.07, 6.45) is 2.44. The third-order valence-electron chi connectivity index (χ3n) is 7.07. The first-order chi connectivity index (χ1) is 15.1. The number of nitrogens with zero attached hydrogens (tertiary/aromatic N) is 4. The van der Waals surface area contributed by atoms with Crippen molar-refractivity contribution >= 4 is 27.7 Å². The monoisotopic (exact) mass is 462 g/mol. The second kappa shape index (κ2) is 8.47. The van der Waals surface area contributed by atoms with E-state index >= 15 is 0 Å². The Balaban J connectivity index is 1.53. The summed E-state index contributed by atoms with van der Waals surface area (Å²) < 4.78 is 24.9. The molecule has 9 nitrogen and oxygen atoms in total. The zero-order valence-electron chi connectivity index (χ0n) is 18.6. The number of hydrogen-bond donors (Lipinski definition) is 0. The van der Waals surface area contributed by atoms with Crippen LogP contribution in [-0.4, -0.2) is 96.2 Å². The van der Waals surface area contributed by atoms with Gasteiger partial charge in [-0.25, -0.2) is 8.42 Å².